The summed E-state index contributed by atoms with van der Waals surface area (Å²) in [5, 5.41) is 6.05. The summed E-state index contributed by atoms with van der Waals surface area (Å²) < 4.78 is 44.0. The molecule has 2 aromatic carbocycles. The van der Waals surface area contributed by atoms with E-state index in [1.54, 1.807) is 7.05 Å². The molecule has 0 radical (unpaired) electrons. The lowest BCUT2D eigenvalue weighted by Gasteiger charge is -2.15. The molecule has 2 rings (SSSR count). The number of hydrogen-bond donors (Lipinski definition) is 2. The zero-order chi connectivity index (χ0) is 21.1. The van der Waals surface area contributed by atoms with Gasteiger partial charge in [-0.25, -0.2) is 12.8 Å². The van der Waals surface area contributed by atoms with Crippen molar-refractivity contribution in [2.24, 2.45) is 4.99 Å². The molecule has 9 heteroatoms. The summed E-state index contributed by atoms with van der Waals surface area (Å²) in [6.07, 6.45) is 0.794. The summed E-state index contributed by atoms with van der Waals surface area (Å²) in [7, 11) is -2.09. The van der Waals surface area contributed by atoms with Crippen molar-refractivity contribution in [3.63, 3.8) is 0 Å². The number of nitrogens with zero attached hydrogens (tertiary/aromatic N) is 1. The molecule has 166 valence electrons. The minimum Gasteiger partial charge on any atom is -0.374 e. The molecule has 0 bridgehead atoms. The molecule has 1 unspecified atom stereocenters. The summed E-state index contributed by atoms with van der Waals surface area (Å²) in [4.78, 5) is 3.78. The molecule has 30 heavy (non-hydrogen) atoms. The first-order valence-electron chi connectivity index (χ1n) is 9.52. The van der Waals surface area contributed by atoms with E-state index >= 15 is 0 Å². The lowest BCUT2D eigenvalue weighted by atomic mass is 10.1. The zero-order valence-corrected chi connectivity index (χ0v) is 20.3. The number of aliphatic imine (C=N–C) groups is 1. The van der Waals surface area contributed by atoms with E-state index < -0.39 is 15.7 Å². The monoisotopic (exact) mass is 549 g/mol. The smallest absolute Gasteiger partial charge is 0.191 e. The van der Waals surface area contributed by atoms with Crippen LogP contribution in [-0.2, 0) is 14.6 Å². The molecule has 0 saturated carbocycles. The second-order valence-corrected chi connectivity index (χ2v) is 8.53. The third-order valence-electron chi connectivity index (χ3n) is 4.31. The molecule has 0 saturated heterocycles. The van der Waals surface area contributed by atoms with Crippen LogP contribution in [0.5, 0.6) is 0 Å². The van der Waals surface area contributed by atoms with Gasteiger partial charge in [-0.1, -0.05) is 42.5 Å². The van der Waals surface area contributed by atoms with E-state index in [1.165, 1.54) is 18.2 Å². The van der Waals surface area contributed by atoms with Crippen molar-refractivity contribution >= 4 is 39.8 Å². The van der Waals surface area contributed by atoms with Gasteiger partial charge in [0.05, 0.1) is 11.9 Å². The van der Waals surface area contributed by atoms with E-state index in [9.17, 15) is 12.8 Å². The highest BCUT2D eigenvalue weighted by Crippen LogP contribution is 2.16. The Balaban J connectivity index is 0.00000450. The predicted molar refractivity (Wildman–Crippen MR) is 129 cm³/mol. The normalized spacial score (nSPS) is 12.7. The molecule has 0 amide bonds. The summed E-state index contributed by atoms with van der Waals surface area (Å²) in [6, 6.07) is 15.4. The van der Waals surface area contributed by atoms with Gasteiger partial charge >= 0.3 is 0 Å². The number of rotatable bonds is 10. The minimum atomic E-state index is -3.70. The summed E-state index contributed by atoms with van der Waals surface area (Å²) in [5.41, 5.74) is 1.13. The van der Waals surface area contributed by atoms with Crippen LogP contribution in [0.15, 0.2) is 64.5 Å². The van der Waals surface area contributed by atoms with Crippen LogP contribution < -0.4 is 10.6 Å². The van der Waals surface area contributed by atoms with Crippen molar-refractivity contribution < 1.29 is 17.5 Å². The molecule has 2 aromatic rings. The fraction of sp³-hybridized carbons (Fsp3) is 0.381. The number of benzene rings is 2. The summed E-state index contributed by atoms with van der Waals surface area (Å²) in [6.45, 7) is 3.35. The van der Waals surface area contributed by atoms with Crippen molar-refractivity contribution in [2.75, 3.05) is 32.5 Å². The first kappa shape index (κ1) is 26.3. The molecular formula is C21H29FIN3O3S. The maximum atomic E-state index is 13.7. The molecule has 0 aromatic heterocycles. The molecule has 6 nitrogen and oxygen atoms in total. The van der Waals surface area contributed by atoms with Crippen LogP contribution in [-0.4, -0.2) is 46.9 Å². The van der Waals surface area contributed by atoms with Crippen LogP contribution in [0.1, 0.15) is 25.0 Å². The van der Waals surface area contributed by atoms with Gasteiger partial charge in [0.25, 0.3) is 0 Å². The third-order valence-corrected chi connectivity index (χ3v) is 6.05. The van der Waals surface area contributed by atoms with Crippen LogP contribution in [0.2, 0.25) is 0 Å². The van der Waals surface area contributed by atoms with E-state index in [0.29, 0.717) is 19.1 Å². The van der Waals surface area contributed by atoms with Crippen LogP contribution >= 0.6 is 24.0 Å². The van der Waals surface area contributed by atoms with Gasteiger partial charge in [-0.3, -0.25) is 4.99 Å². The second-order valence-electron chi connectivity index (χ2n) is 6.45. The van der Waals surface area contributed by atoms with Crippen molar-refractivity contribution in [3.8, 4) is 0 Å². The Labute approximate surface area is 195 Å². The molecule has 0 aliphatic heterocycles. The Morgan fingerprint density at radius 2 is 1.70 bits per heavy atom. The topological polar surface area (TPSA) is 79.8 Å². The SMILES string of the molecule is CN=C(NCCCOC(C)c1ccccc1)NCCS(=O)(=O)c1ccccc1F.I. The average molecular weight is 549 g/mol. The molecule has 0 heterocycles. The number of sulfone groups is 1. The average Bonchev–Trinajstić information content (AvgIpc) is 2.72. The number of hydrogen-bond acceptors (Lipinski definition) is 4. The number of ether oxygens (including phenoxy) is 1. The van der Waals surface area contributed by atoms with Crippen molar-refractivity contribution in [2.45, 2.75) is 24.3 Å². The van der Waals surface area contributed by atoms with Gasteiger partial charge in [0.15, 0.2) is 15.8 Å². The van der Waals surface area contributed by atoms with Crippen molar-refractivity contribution in [1.29, 1.82) is 0 Å². The maximum absolute atomic E-state index is 13.7. The van der Waals surface area contributed by atoms with Gasteiger partial charge in [-0.15, -0.1) is 24.0 Å². The quantitative estimate of drug-likeness (QED) is 0.205. The Morgan fingerprint density at radius 3 is 2.37 bits per heavy atom. The number of guanidine groups is 1. The van der Waals surface area contributed by atoms with E-state index in [1.807, 2.05) is 37.3 Å². The van der Waals surface area contributed by atoms with E-state index in [4.69, 9.17) is 4.74 Å². The second kappa shape index (κ2) is 13.6. The van der Waals surface area contributed by atoms with Gasteiger partial charge in [0.2, 0.25) is 0 Å². The van der Waals surface area contributed by atoms with Crippen LogP contribution in [0.4, 0.5) is 4.39 Å². The summed E-state index contributed by atoms with van der Waals surface area (Å²) >= 11 is 0. The van der Waals surface area contributed by atoms with Crippen molar-refractivity contribution in [3.05, 3.63) is 66.0 Å². The lowest BCUT2D eigenvalue weighted by Crippen LogP contribution is -2.40. The standard InChI is InChI=1S/C21H28FN3O3S.HI/c1-17(18-9-4-3-5-10-18)28-15-8-13-24-21(23-2)25-14-16-29(26,27)20-12-7-6-11-19(20)22;/h3-7,9-12,17H,8,13-16H2,1-2H3,(H2,23,24,25);1H. The fourth-order valence-electron chi connectivity index (χ4n) is 2.69. The first-order chi connectivity index (χ1) is 13.9. The molecular weight excluding hydrogens is 520 g/mol. The molecule has 1 atom stereocenters. The van der Waals surface area contributed by atoms with Crippen LogP contribution in [0.3, 0.4) is 0 Å². The predicted octanol–water partition coefficient (Wildman–Crippen LogP) is 3.55. The molecule has 0 aliphatic carbocycles. The molecule has 0 spiro atoms. The van der Waals surface area contributed by atoms with Gasteiger partial charge < -0.3 is 15.4 Å². The van der Waals surface area contributed by atoms with E-state index in [-0.39, 0.29) is 47.3 Å². The minimum absolute atomic E-state index is 0. The highest BCUT2D eigenvalue weighted by Gasteiger charge is 2.18. The number of nitrogens with one attached hydrogen (secondary N) is 2. The third kappa shape index (κ3) is 8.57. The Morgan fingerprint density at radius 1 is 1.07 bits per heavy atom. The highest BCUT2D eigenvalue weighted by atomic mass is 127. The van der Waals surface area contributed by atoms with Crippen molar-refractivity contribution in [1.82, 2.24) is 10.6 Å². The Kier molecular flexibility index (Phi) is 11.9. The molecule has 2 N–H and O–H groups in total. The number of halogens is 2. The van der Waals surface area contributed by atoms with E-state index in [2.05, 4.69) is 15.6 Å². The molecule has 0 fully saturated rings. The fourth-order valence-corrected chi connectivity index (χ4v) is 3.93. The molecule has 0 aliphatic rings. The maximum Gasteiger partial charge on any atom is 0.191 e. The zero-order valence-electron chi connectivity index (χ0n) is 17.2. The van der Waals surface area contributed by atoms with Gasteiger partial charge in [-0.05, 0) is 31.0 Å². The Hall–Kier alpha value is -1.72. The van der Waals surface area contributed by atoms with E-state index in [0.717, 1.165) is 18.1 Å². The van der Waals surface area contributed by atoms with Gasteiger partial charge in [0, 0.05) is 26.7 Å². The lowest BCUT2D eigenvalue weighted by molar-refractivity contribution is 0.0646. The van der Waals surface area contributed by atoms with Gasteiger partial charge in [-0.2, -0.15) is 0 Å². The first-order valence-corrected chi connectivity index (χ1v) is 11.2. The Bertz CT molecular complexity index is 895. The summed E-state index contributed by atoms with van der Waals surface area (Å²) in [5.74, 6) is -0.476. The van der Waals surface area contributed by atoms with Crippen LogP contribution in [0.25, 0.3) is 0 Å². The highest BCUT2D eigenvalue weighted by molar-refractivity contribution is 14.0. The van der Waals surface area contributed by atoms with Crippen LogP contribution in [0, 0.1) is 5.82 Å². The largest absolute Gasteiger partial charge is 0.374 e. The van der Waals surface area contributed by atoms with Gasteiger partial charge in [0.1, 0.15) is 10.7 Å².